The highest BCUT2D eigenvalue weighted by atomic mass is 31.1. The van der Waals surface area contributed by atoms with Gasteiger partial charge in [-0.1, -0.05) is 141 Å². The Morgan fingerprint density at radius 2 is 1.05 bits per heavy atom. The normalized spacial score (nSPS) is 11.6. The zero-order valence-corrected chi connectivity index (χ0v) is 24.0. The molecule has 0 aliphatic rings. The van der Waals surface area contributed by atoms with E-state index < -0.39 is 0 Å². The van der Waals surface area contributed by atoms with E-state index in [1.807, 2.05) is 0 Å². The van der Waals surface area contributed by atoms with Crippen LogP contribution < -0.4 is 5.30 Å². The maximum absolute atomic E-state index is 2.47. The van der Waals surface area contributed by atoms with E-state index in [-0.39, 0.29) is 7.92 Å². The summed E-state index contributed by atoms with van der Waals surface area (Å²) in [5, 5.41) is 9.28. The van der Waals surface area contributed by atoms with Crippen molar-refractivity contribution in [2.75, 3.05) is 13.3 Å². The third-order valence-electron chi connectivity index (χ3n) is 8.11. The Bertz CT molecular complexity index is 2010. The minimum absolute atomic E-state index is 0.227. The van der Waals surface area contributed by atoms with E-state index in [0.29, 0.717) is 0 Å². The van der Waals surface area contributed by atoms with Crippen molar-refractivity contribution in [1.29, 1.82) is 0 Å². The predicted molar refractivity (Wildman–Crippen MR) is 178 cm³/mol. The molecular weight excluding hydrogens is 499 g/mol. The second-order valence-electron chi connectivity index (χ2n) is 10.9. The molecule has 0 N–H and O–H groups in total. The molecular formula is C39H31P. The number of benzene rings is 7. The van der Waals surface area contributed by atoms with E-state index in [1.165, 1.54) is 76.6 Å². The van der Waals surface area contributed by atoms with Gasteiger partial charge in [0.2, 0.25) is 0 Å². The summed E-state index contributed by atoms with van der Waals surface area (Å²) in [7, 11) is -0.227. The molecule has 0 aliphatic carbocycles. The van der Waals surface area contributed by atoms with Gasteiger partial charge in [0.15, 0.2) is 0 Å². The number of aryl methyl sites for hydroxylation is 1. The van der Waals surface area contributed by atoms with Crippen LogP contribution in [0.15, 0.2) is 133 Å². The van der Waals surface area contributed by atoms with Crippen LogP contribution in [0.25, 0.3) is 65.7 Å². The van der Waals surface area contributed by atoms with E-state index in [1.54, 1.807) is 0 Å². The fourth-order valence-electron chi connectivity index (χ4n) is 6.11. The first-order valence-corrected chi connectivity index (χ1v) is 16.1. The van der Waals surface area contributed by atoms with Crippen LogP contribution in [0.1, 0.15) is 5.56 Å². The molecule has 192 valence electrons. The van der Waals surface area contributed by atoms with Crippen LogP contribution in [0.3, 0.4) is 0 Å². The SMILES string of the molecule is Cc1ccc2c(-c3cccc4ccccc34)c3cc(P(C)C)ccc3c(-c3ccc(-c4ccccc4)cc3)c2c1. The Morgan fingerprint density at radius 3 is 1.85 bits per heavy atom. The molecule has 0 unspecified atom stereocenters. The van der Waals surface area contributed by atoms with Gasteiger partial charge in [0.05, 0.1) is 0 Å². The lowest BCUT2D eigenvalue weighted by atomic mass is 9.84. The van der Waals surface area contributed by atoms with Crippen LogP contribution in [0.2, 0.25) is 0 Å². The predicted octanol–water partition coefficient (Wildman–Crippen LogP) is 10.8. The summed E-state index contributed by atoms with van der Waals surface area (Å²) in [6.07, 6.45) is 0. The first-order chi connectivity index (χ1) is 19.6. The summed E-state index contributed by atoms with van der Waals surface area (Å²) in [4.78, 5) is 0. The smallest absolute Gasteiger partial charge is 0.00199 e. The Labute approximate surface area is 237 Å². The van der Waals surface area contributed by atoms with E-state index >= 15 is 0 Å². The van der Waals surface area contributed by atoms with E-state index in [0.717, 1.165) is 0 Å². The number of hydrogen-bond acceptors (Lipinski definition) is 0. The molecule has 0 aliphatic heterocycles. The lowest BCUT2D eigenvalue weighted by Gasteiger charge is -2.20. The Hall–Kier alpha value is -4.25. The fourth-order valence-corrected chi connectivity index (χ4v) is 6.87. The first-order valence-electron chi connectivity index (χ1n) is 13.9. The van der Waals surface area contributed by atoms with Crippen molar-refractivity contribution in [1.82, 2.24) is 0 Å². The van der Waals surface area contributed by atoms with Gasteiger partial charge in [0.25, 0.3) is 0 Å². The maximum Gasteiger partial charge on any atom is -0.00199 e. The largest absolute Gasteiger partial charge is 0.0817 e. The highest BCUT2D eigenvalue weighted by molar-refractivity contribution is 7.64. The summed E-state index contributed by atoms with van der Waals surface area (Å²) in [6.45, 7) is 6.90. The molecule has 0 radical (unpaired) electrons. The quantitative estimate of drug-likeness (QED) is 0.157. The molecule has 0 fully saturated rings. The van der Waals surface area contributed by atoms with Gasteiger partial charge in [-0.15, -0.1) is 0 Å². The highest BCUT2D eigenvalue weighted by Gasteiger charge is 2.19. The second-order valence-corrected chi connectivity index (χ2v) is 13.2. The molecule has 7 rings (SSSR count). The first kappa shape index (κ1) is 24.8. The zero-order valence-electron chi connectivity index (χ0n) is 23.1. The maximum atomic E-state index is 2.47. The number of rotatable bonds is 4. The molecule has 0 saturated carbocycles. The molecule has 0 spiro atoms. The molecule has 0 nitrogen and oxygen atoms in total. The van der Waals surface area contributed by atoms with Gasteiger partial charge in [-0.3, -0.25) is 0 Å². The molecule has 7 aromatic carbocycles. The lowest BCUT2D eigenvalue weighted by molar-refractivity contribution is 1.51. The monoisotopic (exact) mass is 530 g/mol. The third-order valence-corrected chi connectivity index (χ3v) is 9.42. The average molecular weight is 531 g/mol. The van der Waals surface area contributed by atoms with Crippen molar-refractivity contribution in [3.63, 3.8) is 0 Å². The zero-order chi connectivity index (χ0) is 27.2. The Morgan fingerprint density at radius 1 is 0.425 bits per heavy atom. The van der Waals surface area contributed by atoms with Crippen molar-refractivity contribution in [2.45, 2.75) is 6.92 Å². The van der Waals surface area contributed by atoms with E-state index in [4.69, 9.17) is 0 Å². The second kappa shape index (κ2) is 10.1. The van der Waals surface area contributed by atoms with Crippen molar-refractivity contribution in [3.8, 4) is 33.4 Å². The summed E-state index contributed by atoms with van der Waals surface area (Å²) >= 11 is 0. The van der Waals surface area contributed by atoms with Crippen LogP contribution in [-0.4, -0.2) is 13.3 Å². The highest BCUT2D eigenvalue weighted by Crippen LogP contribution is 2.46. The average Bonchev–Trinajstić information content (AvgIpc) is 3.00. The molecule has 1 heteroatoms. The van der Waals surface area contributed by atoms with Gasteiger partial charge in [-0.2, -0.15) is 0 Å². The van der Waals surface area contributed by atoms with Crippen LogP contribution in [0.5, 0.6) is 0 Å². The van der Waals surface area contributed by atoms with Gasteiger partial charge >= 0.3 is 0 Å². The molecule has 0 saturated heterocycles. The number of hydrogen-bond donors (Lipinski definition) is 0. The fraction of sp³-hybridized carbons (Fsp3) is 0.0769. The molecule has 40 heavy (non-hydrogen) atoms. The van der Waals surface area contributed by atoms with Gasteiger partial charge in [-0.05, 0) is 97.3 Å². The van der Waals surface area contributed by atoms with Crippen molar-refractivity contribution in [2.24, 2.45) is 0 Å². The number of fused-ring (bicyclic) bond motifs is 3. The molecule has 7 aromatic rings. The third kappa shape index (κ3) is 4.21. The van der Waals surface area contributed by atoms with Gasteiger partial charge in [0.1, 0.15) is 0 Å². The molecule has 0 heterocycles. The minimum atomic E-state index is -0.227. The van der Waals surface area contributed by atoms with Gasteiger partial charge in [-0.25, -0.2) is 0 Å². The topological polar surface area (TPSA) is 0 Å². The van der Waals surface area contributed by atoms with Gasteiger partial charge in [0, 0.05) is 0 Å². The molecule has 0 aromatic heterocycles. The Balaban J connectivity index is 1.59. The van der Waals surface area contributed by atoms with Gasteiger partial charge < -0.3 is 0 Å². The van der Waals surface area contributed by atoms with Crippen molar-refractivity contribution >= 4 is 45.5 Å². The van der Waals surface area contributed by atoms with Crippen LogP contribution in [0.4, 0.5) is 0 Å². The van der Waals surface area contributed by atoms with Crippen LogP contribution in [0, 0.1) is 6.92 Å². The minimum Gasteiger partial charge on any atom is -0.0817 e. The Kier molecular flexibility index (Phi) is 6.22. The summed E-state index contributed by atoms with van der Waals surface area (Å²) in [6, 6.07) is 49.5. The van der Waals surface area contributed by atoms with Crippen molar-refractivity contribution in [3.05, 3.63) is 139 Å². The summed E-state index contributed by atoms with van der Waals surface area (Å²) in [5.74, 6) is 0. The molecule has 0 bridgehead atoms. The standard InChI is InChI=1S/C39H31P/c1-26-16-22-35-36(24-26)38(30-19-17-28(18-20-30)27-10-5-4-6-11-27)34-23-21-31(40(2)3)25-37(34)39(35)33-15-9-13-29-12-7-8-14-32(29)33/h4-25H,1-3H3. The van der Waals surface area contributed by atoms with Crippen molar-refractivity contribution < 1.29 is 0 Å². The molecule has 0 atom stereocenters. The summed E-state index contributed by atoms with van der Waals surface area (Å²) in [5.41, 5.74) is 8.98. The van der Waals surface area contributed by atoms with Crippen LogP contribution in [-0.2, 0) is 0 Å². The lowest BCUT2D eigenvalue weighted by Crippen LogP contribution is -2.00. The van der Waals surface area contributed by atoms with E-state index in [2.05, 4.69) is 154 Å². The van der Waals surface area contributed by atoms with Crippen LogP contribution >= 0.6 is 7.92 Å². The molecule has 0 amide bonds. The van der Waals surface area contributed by atoms with E-state index in [9.17, 15) is 0 Å². The summed E-state index contributed by atoms with van der Waals surface area (Å²) < 4.78 is 0.